The molecular weight excluding hydrogens is 378 g/mol. The van der Waals surface area contributed by atoms with Gasteiger partial charge in [-0.05, 0) is 30.3 Å². The van der Waals surface area contributed by atoms with Gasteiger partial charge in [0.25, 0.3) is 0 Å². The molecule has 1 aromatic heterocycles. The molecule has 0 atom stereocenters. The molecule has 1 heterocycles. The highest BCUT2D eigenvalue weighted by Gasteiger charge is 2.09. The van der Waals surface area contributed by atoms with Gasteiger partial charge in [0.2, 0.25) is 5.43 Å². The summed E-state index contributed by atoms with van der Waals surface area (Å²) in [6.07, 6.45) is 2.61. The van der Waals surface area contributed by atoms with Crippen LogP contribution in [-0.4, -0.2) is 22.4 Å². The van der Waals surface area contributed by atoms with E-state index in [9.17, 15) is 14.7 Å². The van der Waals surface area contributed by atoms with Crippen molar-refractivity contribution < 1.29 is 19.4 Å². The third kappa shape index (κ3) is 3.07. The normalized spacial score (nSPS) is 11.2. The van der Waals surface area contributed by atoms with Crippen LogP contribution in [0.25, 0.3) is 11.0 Å². The smallest absolute Gasteiger partial charge is 0.339 e. The standard InChI is InChI=1S/C17H10BrNO5/c18-10-1-4-15-13(5-10)16(21)9(8-24-15)7-19-11-2-3-12(17(22)23)14(20)6-11/h1-8,20H,(H,22,23). The number of halogens is 1. The van der Waals surface area contributed by atoms with Gasteiger partial charge in [-0.3, -0.25) is 9.79 Å². The van der Waals surface area contributed by atoms with Crippen LogP contribution in [0.2, 0.25) is 0 Å². The van der Waals surface area contributed by atoms with Crippen molar-refractivity contribution in [1.82, 2.24) is 0 Å². The molecule has 0 radical (unpaired) electrons. The average Bonchev–Trinajstić information content (AvgIpc) is 2.54. The first-order valence-electron chi connectivity index (χ1n) is 6.77. The second kappa shape index (κ2) is 6.29. The van der Waals surface area contributed by atoms with Crippen LogP contribution in [0.3, 0.4) is 0 Å². The van der Waals surface area contributed by atoms with E-state index >= 15 is 0 Å². The summed E-state index contributed by atoms with van der Waals surface area (Å²) in [7, 11) is 0. The average molecular weight is 388 g/mol. The highest BCUT2D eigenvalue weighted by molar-refractivity contribution is 9.10. The molecule has 24 heavy (non-hydrogen) atoms. The summed E-state index contributed by atoms with van der Waals surface area (Å²) in [6, 6.07) is 8.99. The number of benzene rings is 2. The molecule has 120 valence electrons. The number of nitrogens with zero attached hydrogens (tertiary/aromatic N) is 1. The Bertz CT molecular complexity index is 1040. The lowest BCUT2D eigenvalue weighted by molar-refractivity contribution is 0.0694. The van der Waals surface area contributed by atoms with Crippen LogP contribution in [0, 0.1) is 0 Å². The van der Waals surface area contributed by atoms with E-state index in [2.05, 4.69) is 20.9 Å². The molecule has 7 heteroatoms. The number of carboxylic acid groups (broad SMARTS) is 1. The van der Waals surface area contributed by atoms with Crippen molar-refractivity contribution >= 4 is 44.8 Å². The van der Waals surface area contributed by atoms with Crippen molar-refractivity contribution in [2.75, 3.05) is 0 Å². The molecule has 2 aromatic carbocycles. The van der Waals surface area contributed by atoms with E-state index in [1.165, 1.54) is 30.7 Å². The van der Waals surface area contributed by atoms with Gasteiger partial charge in [-0.2, -0.15) is 0 Å². The summed E-state index contributed by atoms with van der Waals surface area (Å²) in [5.74, 6) is -1.63. The van der Waals surface area contributed by atoms with Gasteiger partial charge in [0.1, 0.15) is 23.2 Å². The van der Waals surface area contributed by atoms with E-state index in [0.29, 0.717) is 16.7 Å². The van der Waals surface area contributed by atoms with E-state index in [-0.39, 0.29) is 16.6 Å². The molecule has 0 spiro atoms. The Morgan fingerprint density at radius 3 is 2.71 bits per heavy atom. The number of carboxylic acids is 1. The number of hydrogen-bond acceptors (Lipinski definition) is 5. The van der Waals surface area contributed by atoms with Gasteiger partial charge in [-0.25, -0.2) is 4.79 Å². The molecule has 0 unspecified atom stereocenters. The number of hydrogen-bond donors (Lipinski definition) is 2. The number of fused-ring (bicyclic) bond motifs is 1. The Balaban J connectivity index is 1.99. The van der Waals surface area contributed by atoms with Gasteiger partial charge in [0, 0.05) is 16.8 Å². The number of phenols is 1. The maximum Gasteiger partial charge on any atom is 0.339 e. The summed E-state index contributed by atoms with van der Waals surface area (Å²) >= 11 is 3.30. The fraction of sp³-hybridized carbons (Fsp3) is 0. The lowest BCUT2D eigenvalue weighted by Crippen LogP contribution is -2.07. The van der Waals surface area contributed by atoms with Gasteiger partial charge in [-0.1, -0.05) is 15.9 Å². The zero-order chi connectivity index (χ0) is 17.3. The number of carbonyl (C=O) groups is 1. The molecule has 3 aromatic rings. The highest BCUT2D eigenvalue weighted by atomic mass is 79.9. The maximum absolute atomic E-state index is 12.4. The predicted molar refractivity (Wildman–Crippen MR) is 92.5 cm³/mol. The number of aromatic carboxylic acids is 1. The third-order valence-corrected chi connectivity index (χ3v) is 3.82. The lowest BCUT2D eigenvalue weighted by Gasteiger charge is -2.01. The molecule has 0 amide bonds. The van der Waals surface area contributed by atoms with Crippen molar-refractivity contribution in [3.8, 4) is 5.75 Å². The second-order valence-corrected chi connectivity index (χ2v) is 5.84. The minimum atomic E-state index is -1.23. The Morgan fingerprint density at radius 1 is 1.21 bits per heavy atom. The summed E-state index contributed by atoms with van der Waals surface area (Å²) in [5, 5.41) is 18.9. The van der Waals surface area contributed by atoms with Crippen LogP contribution in [-0.2, 0) is 0 Å². The van der Waals surface area contributed by atoms with Crippen LogP contribution >= 0.6 is 15.9 Å². The first-order chi connectivity index (χ1) is 11.5. The van der Waals surface area contributed by atoms with Gasteiger partial charge < -0.3 is 14.6 Å². The molecule has 0 bridgehead atoms. The molecular formula is C17H10BrNO5. The van der Waals surface area contributed by atoms with Crippen molar-refractivity contribution in [3.63, 3.8) is 0 Å². The monoisotopic (exact) mass is 387 g/mol. The zero-order valence-corrected chi connectivity index (χ0v) is 13.6. The van der Waals surface area contributed by atoms with E-state index in [1.54, 1.807) is 18.2 Å². The van der Waals surface area contributed by atoms with Gasteiger partial charge in [0.15, 0.2) is 0 Å². The van der Waals surface area contributed by atoms with Gasteiger partial charge in [0.05, 0.1) is 16.6 Å². The largest absolute Gasteiger partial charge is 0.507 e. The summed E-state index contributed by atoms with van der Waals surface area (Å²) in [6.45, 7) is 0. The summed E-state index contributed by atoms with van der Waals surface area (Å²) < 4.78 is 6.16. The molecule has 0 saturated carbocycles. The van der Waals surface area contributed by atoms with Gasteiger partial charge in [-0.15, -0.1) is 0 Å². The van der Waals surface area contributed by atoms with Crippen LogP contribution < -0.4 is 5.43 Å². The van der Waals surface area contributed by atoms with E-state index < -0.39 is 11.7 Å². The Kier molecular flexibility index (Phi) is 4.18. The molecule has 0 fully saturated rings. The molecule has 6 nitrogen and oxygen atoms in total. The SMILES string of the molecule is O=C(O)c1ccc(N=Cc2coc3ccc(Br)cc3c2=O)cc1O. The van der Waals surface area contributed by atoms with E-state index in [4.69, 9.17) is 9.52 Å². The van der Waals surface area contributed by atoms with Crippen LogP contribution in [0.15, 0.2) is 61.3 Å². The Hall–Kier alpha value is -2.93. The highest BCUT2D eigenvalue weighted by Crippen LogP contribution is 2.24. The minimum absolute atomic E-state index is 0.219. The van der Waals surface area contributed by atoms with Crippen LogP contribution in [0.1, 0.15) is 15.9 Å². The summed E-state index contributed by atoms with van der Waals surface area (Å²) in [4.78, 5) is 27.3. The fourth-order valence-corrected chi connectivity index (χ4v) is 2.49. The number of aliphatic imine (C=N–C) groups is 1. The first kappa shape index (κ1) is 15.9. The van der Waals surface area contributed by atoms with Crippen molar-refractivity contribution in [3.05, 3.63) is 68.5 Å². The minimum Gasteiger partial charge on any atom is -0.507 e. The molecule has 0 aliphatic rings. The Morgan fingerprint density at radius 2 is 2.00 bits per heavy atom. The van der Waals surface area contributed by atoms with Gasteiger partial charge >= 0.3 is 5.97 Å². The molecule has 0 saturated heterocycles. The van der Waals surface area contributed by atoms with Crippen LogP contribution in [0.4, 0.5) is 5.69 Å². The molecule has 0 aliphatic carbocycles. The molecule has 0 aliphatic heterocycles. The first-order valence-corrected chi connectivity index (χ1v) is 7.56. The molecule has 2 N–H and O–H groups in total. The van der Waals surface area contributed by atoms with E-state index in [1.807, 2.05) is 0 Å². The maximum atomic E-state index is 12.4. The molecule has 3 rings (SSSR count). The second-order valence-electron chi connectivity index (χ2n) is 4.93. The van der Waals surface area contributed by atoms with E-state index in [0.717, 1.165) is 4.47 Å². The van der Waals surface area contributed by atoms with Crippen molar-refractivity contribution in [2.45, 2.75) is 0 Å². The number of rotatable bonds is 3. The van der Waals surface area contributed by atoms with Crippen molar-refractivity contribution in [2.24, 2.45) is 4.99 Å². The quantitative estimate of drug-likeness (QED) is 0.667. The lowest BCUT2D eigenvalue weighted by atomic mass is 10.1. The van der Waals surface area contributed by atoms with Crippen LogP contribution in [0.5, 0.6) is 5.75 Å². The zero-order valence-electron chi connectivity index (χ0n) is 12.1. The fourth-order valence-electron chi connectivity index (χ4n) is 2.13. The topological polar surface area (TPSA) is 100 Å². The Labute approximate surface area is 143 Å². The predicted octanol–water partition coefficient (Wildman–Crippen LogP) is 3.71. The number of aromatic hydroxyl groups is 1. The summed E-state index contributed by atoms with van der Waals surface area (Å²) in [5.41, 5.74) is 0.550. The third-order valence-electron chi connectivity index (χ3n) is 3.33. The van der Waals surface area contributed by atoms with Crippen molar-refractivity contribution in [1.29, 1.82) is 0 Å².